The molecule has 180 valence electrons. The molecule has 0 radical (unpaired) electrons. The average Bonchev–Trinajstić information content (AvgIpc) is 3.01. The highest BCUT2D eigenvalue weighted by atomic mass is 16.3. The van der Waals surface area contributed by atoms with Crippen molar-refractivity contribution in [3.8, 4) is 0 Å². The van der Waals surface area contributed by atoms with E-state index in [4.69, 9.17) is 4.99 Å². The van der Waals surface area contributed by atoms with E-state index >= 15 is 0 Å². The van der Waals surface area contributed by atoms with Gasteiger partial charge in [0.2, 0.25) is 0 Å². The molecule has 3 N–H and O–H groups in total. The Morgan fingerprint density at radius 2 is 1.72 bits per heavy atom. The standard InChI is InChI=1S/C26H45N5O/c1-3-27-25(29-22-26(14-19-32)12-5-4-6-13-26)28-20-23-8-10-24(11-9-23)21-31-16-7-15-30(2)17-18-31/h8-11,32H,3-7,12-22H2,1-2H3,(H2,27,28,29). The van der Waals surface area contributed by atoms with Crippen molar-refractivity contribution in [3.63, 3.8) is 0 Å². The monoisotopic (exact) mass is 443 g/mol. The van der Waals surface area contributed by atoms with E-state index in [0.717, 1.165) is 45.1 Å². The fourth-order valence-electron chi connectivity index (χ4n) is 5.10. The summed E-state index contributed by atoms with van der Waals surface area (Å²) in [7, 11) is 2.22. The molecule has 6 heteroatoms. The Morgan fingerprint density at radius 1 is 0.969 bits per heavy atom. The number of hydrogen-bond acceptors (Lipinski definition) is 4. The summed E-state index contributed by atoms with van der Waals surface area (Å²) in [6.45, 7) is 10.5. The number of aliphatic imine (C=N–C) groups is 1. The van der Waals surface area contributed by atoms with E-state index in [1.54, 1.807) is 0 Å². The van der Waals surface area contributed by atoms with Crippen LogP contribution >= 0.6 is 0 Å². The maximum absolute atomic E-state index is 9.58. The molecule has 32 heavy (non-hydrogen) atoms. The highest BCUT2D eigenvalue weighted by molar-refractivity contribution is 5.79. The minimum absolute atomic E-state index is 0.215. The van der Waals surface area contributed by atoms with Crippen LogP contribution in [0.15, 0.2) is 29.3 Å². The van der Waals surface area contributed by atoms with Gasteiger partial charge in [-0.15, -0.1) is 0 Å². The van der Waals surface area contributed by atoms with E-state index in [1.165, 1.54) is 62.7 Å². The summed E-state index contributed by atoms with van der Waals surface area (Å²) in [5, 5.41) is 16.5. The second-order valence-corrected chi connectivity index (χ2v) is 9.83. The van der Waals surface area contributed by atoms with Gasteiger partial charge in [-0.05, 0) is 69.3 Å². The maximum atomic E-state index is 9.58. The summed E-state index contributed by atoms with van der Waals surface area (Å²) in [5.41, 5.74) is 2.84. The van der Waals surface area contributed by atoms with Crippen molar-refractivity contribution in [3.05, 3.63) is 35.4 Å². The lowest BCUT2D eigenvalue weighted by Gasteiger charge is -2.37. The molecule has 0 aromatic heterocycles. The summed E-state index contributed by atoms with van der Waals surface area (Å²) >= 11 is 0. The van der Waals surface area contributed by atoms with Gasteiger partial charge < -0.3 is 20.6 Å². The summed E-state index contributed by atoms with van der Waals surface area (Å²) in [4.78, 5) is 9.84. The van der Waals surface area contributed by atoms with Crippen LogP contribution in [0.5, 0.6) is 0 Å². The Balaban J connectivity index is 1.52. The molecule has 3 rings (SSSR count). The number of aliphatic hydroxyl groups excluding tert-OH is 1. The first-order valence-corrected chi connectivity index (χ1v) is 12.7. The molecule has 1 saturated carbocycles. The molecule has 0 unspecified atom stereocenters. The topological polar surface area (TPSA) is 63.1 Å². The Morgan fingerprint density at radius 3 is 2.44 bits per heavy atom. The Kier molecular flexibility index (Phi) is 10.3. The predicted molar refractivity (Wildman–Crippen MR) is 134 cm³/mol. The van der Waals surface area contributed by atoms with E-state index in [2.05, 4.69) is 58.7 Å². The first-order chi connectivity index (χ1) is 15.6. The summed E-state index contributed by atoms with van der Waals surface area (Å²) in [6, 6.07) is 8.97. The van der Waals surface area contributed by atoms with Gasteiger partial charge in [0, 0.05) is 39.3 Å². The van der Waals surface area contributed by atoms with Gasteiger partial charge in [0.05, 0.1) is 6.54 Å². The fraction of sp³-hybridized carbons (Fsp3) is 0.731. The lowest BCUT2D eigenvalue weighted by Crippen LogP contribution is -2.44. The average molecular weight is 444 g/mol. The number of nitrogens with zero attached hydrogens (tertiary/aromatic N) is 3. The molecule has 2 aliphatic rings. The number of nitrogens with one attached hydrogen (secondary N) is 2. The second kappa shape index (κ2) is 13.2. The Bertz CT molecular complexity index is 678. The smallest absolute Gasteiger partial charge is 0.191 e. The van der Waals surface area contributed by atoms with Gasteiger partial charge >= 0.3 is 0 Å². The van der Waals surface area contributed by atoms with Gasteiger partial charge in [-0.25, -0.2) is 4.99 Å². The lowest BCUT2D eigenvalue weighted by atomic mass is 9.72. The molecule has 0 atom stereocenters. The van der Waals surface area contributed by atoms with Crippen molar-refractivity contribution >= 4 is 5.96 Å². The van der Waals surface area contributed by atoms with Crippen LogP contribution in [0, 0.1) is 5.41 Å². The van der Waals surface area contributed by atoms with Crippen LogP contribution in [0.25, 0.3) is 0 Å². The molecule has 0 bridgehead atoms. The van der Waals surface area contributed by atoms with Crippen LogP contribution in [-0.2, 0) is 13.1 Å². The van der Waals surface area contributed by atoms with E-state index in [1.807, 2.05) is 0 Å². The van der Waals surface area contributed by atoms with Crippen molar-refractivity contribution in [1.29, 1.82) is 0 Å². The van der Waals surface area contributed by atoms with Crippen molar-refractivity contribution in [2.24, 2.45) is 10.4 Å². The van der Waals surface area contributed by atoms with Crippen molar-refractivity contribution < 1.29 is 5.11 Å². The van der Waals surface area contributed by atoms with E-state index < -0.39 is 0 Å². The molecule has 1 aliphatic heterocycles. The third-order valence-corrected chi connectivity index (χ3v) is 7.19. The molecule has 0 spiro atoms. The van der Waals surface area contributed by atoms with E-state index in [-0.39, 0.29) is 12.0 Å². The maximum Gasteiger partial charge on any atom is 0.191 e. The molecule has 1 heterocycles. The highest BCUT2D eigenvalue weighted by Crippen LogP contribution is 2.38. The molecular formula is C26H45N5O. The van der Waals surface area contributed by atoms with E-state index in [9.17, 15) is 5.11 Å². The van der Waals surface area contributed by atoms with Crippen LogP contribution < -0.4 is 10.6 Å². The lowest BCUT2D eigenvalue weighted by molar-refractivity contribution is 0.131. The Labute approximate surface area is 195 Å². The van der Waals surface area contributed by atoms with Crippen molar-refractivity contribution in [1.82, 2.24) is 20.4 Å². The number of guanidine groups is 1. The molecule has 0 amide bonds. The number of rotatable bonds is 9. The SMILES string of the molecule is CCNC(=NCc1ccc(CN2CCCN(C)CC2)cc1)NCC1(CCO)CCCCC1. The molecule has 1 aliphatic carbocycles. The first kappa shape index (κ1) is 25.0. The van der Waals surface area contributed by atoms with Crippen LogP contribution in [-0.4, -0.2) is 73.8 Å². The highest BCUT2D eigenvalue weighted by Gasteiger charge is 2.31. The van der Waals surface area contributed by atoms with Crippen molar-refractivity contribution in [2.45, 2.75) is 65.0 Å². The second-order valence-electron chi connectivity index (χ2n) is 9.83. The van der Waals surface area contributed by atoms with Gasteiger partial charge in [-0.2, -0.15) is 0 Å². The molecule has 1 saturated heterocycles. The molecular weight excluding hydrogens is 398 g/mol. The minimum Gasteiger partial charge on any atom is -0.396 e. The number of likely N-dealkylation sites (N-methyl/N-ethyl adjacent to an activating group) is 1. The van der Waals surface area contributed by atoms with Gasteiger partial charge in [0.15, 0.2) is 5.96 Å². The van der Waals surface area contributed by atoms with Gasteiger partial charge in [0.25, 0.3) is 0 Å². The normalized spacial score (nSPS) is 20.7. The fourth-order valence-corrected chi connectivity index (χ4v) is 5.10. The number of hydrogen-bond donors (Lipinski definition) is 3. The predicted octanol–water partition coefficient (Wildman–Crippen LogP) is 3.21. The number of aliphatic hydroxyl groups is 1. The molecule has 2 fully saturated rings. The molecule has 6 nitrogen and oxygen atoms in total. The summed E-state index contributed by atoms with van der Waals surface area (Å²) < 4.78 is 0. The van der Waals surface area contributed by atoms with Gasteiger partial charge in [-0.1, -0.05) is 43.5 Å². The quantitative estimate of drug-likeness (QED) is 0.404. The summed E-state index contributed by atoms with van der Waals surface area (Å²) in [5.74, 6) is 0.883. The third-order valence-electron chi connectivity index (χ3n) is 7.19. The van der Waals surface area contributed by atoms with Crippen LogP contribution in [0.3, 0.4) is 0 Å². The molecule has 1 aromatic carbocycles. The molecule has 1 aromatic rings. The Hall–Kier alpha value is -1.63. The minimum atomic E-state index is 0.215. The van der Waals surface area contributed by atoms with Gasteiger partial charge in [0.1, 0.15) is 0 Å². The zero-order valence-electron chi connectivity index (χ0n) is 20.4. The largest absolute Gasteiger partial charge is 0.396 e. The van der Waals surface area contributed by atoms with E-state index in [0.29, 0.717) is 6.54 Å². The first-order valence-electron chi connectivity index (χ1n) is 12.7. The number of benzene rings is 1. The zero-order chi connectivity index (χ0) is 22.7. The third kappa shape index (κ3) is 8.05. The van der Waals surface area contributed by atoms with Crippen LogP contribution in [0.4, 0.5) is 0 Å². The van der Waals surface area contributed by atoms with Crippen LogP contribution in [0.1, 0.15) is 63.0 Å². The van der Waals surface area contributed by atoms with Crippen molar-refractivity contribution in [2.75, 3.05) is 52.9 Å². The van der Waals surface area contributed by atoms with Crippen LogP contribution in [0.2, 0.25) is 0 Å². The van der Waals surface area contributed by atoms with Gasteiger partial charge in [-0.3, -0.25) is 4.90 Å². The summed E-state index contributed by atoms with van der Waals surface area (Å²) in [6.07, 6.45) is 8.42. The zero-order valence-corrected chi connectivity index (χ0v) is 20.4.